The number of allylic oxidation sites excluding steroid dienone is 10. The molecule has 0 aliphatic rings. The fourth-order valence-corrected chi connectivity index (χ4v) is 1.93. The molecule has 0 aliphatic heterocycles. The van der Waals surface area contributed by atoms with E-state index in [2.05, 4.69) is 67.7 Å². The van der Waals surface area contributed by atoms with Gasteiger partial charge >= 0.3 is 0 Å². The van der Waals surface area contributed by atoms with Gasteiger partial charge in [0.25, 0.3) is 0 Å². The minimum absolute atomic E-state index is 0.0305. The summed E-state index contributed by atoms with van der Waals surface area (Å²) in [5.41, 5.74) is 0. The van der Waals surface area contributed by atoms with Gasteiger partial charge in [0, 0.05) is 7.11 Å². The summed E-state index contributed by atoms with van der Waals surface area (Å²) < 4.78 is 5.11. The van der Waals surface area contributed by atoms with Gasteiger partial charge in [-0.25, -0.2) is 0 Å². The van der Waals surface area contributed by atoms with Crippen molar-refractivity contribution in [3.05, 3.63) is 60.8 Å². The summed E-state index contributed by atoms with van der Waals surface area (Å²) in [6.45, 7) is 2.25. The first kappa shape index (κ1) is 21.6. The van der Waals surface area contributed by atoms with E-state index in [1.54, 1.807) is 7.11 Å². The molecule has 130 valence electrons. The fraction of sp³-hybridized carbons (Fsp3) is 0.524. The van der Waals surface area contributed by atoms with Gasteiger partial charge in [0.2, 0.25) is 0 Å². The lowest BCUT2D eigenvalue weighted by Gasteiger charge is -2.09. The second kappa shape index (κ2) is 18.7. The van der Waals surface area contributed by atoms with Gasteiger partial charge < -0.3 is 9.84 Å². The number of ether oxygens (including phenoxy) is 1. The lowest BCUT2D eigenvalue weighted by atomic mass is 10.2. The maximum absolute atomic E-state index is 8.98. The van der Waals surface area contributed by atoms with Crippen molar-refractivity contribution in [2.45, 2.75) is 58.0 Å². The summed E-state index contributed by atoms with van der Waals surface area (Å²) in [5.74, 6) is 0. The Morgan fingerprint density at radius 1 is 0.739 bits per heavy atom. The molecule has 0 saturated heterocycles. The van der Waals surface area contributed by atoms with Gasteiger partial charge in [-0.15, -0.1) is 0 Å². The molecule has 0 rings (SSSR count). The molecule has 0 amide bonds. The van der Waals surface area contributed by atoms with Crippen LogP contribution in [0.1, 0.15) is 51.9 Å². The molecule has 0 saturated carbocycles. The molecular formula is C21H34O2. The second-order valence-corrected chi connectivity index (χ2v) is 5.33. The molecule has 1 atom stereocenters. The van der Waals surface area contributed by atoms with Crippen molar-refractivity contribution >= 4 is 0 Å². The van der Waals surface area contributed by atoms with Crippen molar-refractivity contribution in [2.24, 2.45) is 0 Å². The molecular weight excluding hydrogens is 284 g/mol. The highest BCUT2D eigenvalue weighted by Crippen LogP contribution is 2.02. The molecule has 2 heteroatoms. The Balaban J connectivity index is 3.52. The molecule has 0 fully saturated rings. The molecule has 2 nitrogen and oxygen atoms in total. The fourth-order valence-electron chi connectivity index (χ4n) is 1.93. The van der Waals surface area contributed by atoms with E-state index in [9.17, 15) is 0 Å². The molecule has 0 aromatic rings. The predicted molar refractivity (Wildman–Crippen MR) is 102 cm³/mol. The third-order valence-electron chi connectivity index (χ3n) is 3.35. The van der Waals surface area contributed by atoms with Crippen molar-refractivity contribution in [3.8, 4) is 0 Å². The molecule has 0 aromatic heterocycles. The molecule has 0 radical (unpaired) electrons. The number of hydrogen-bond donors (Lipinski definition) is 1. The second-order valence-electron chi connectivity index (χ2n) is 5.33. The van der Waals surface area contributed by atoms with E-state index in [4.69, 9.17) is 9.84 Å². The maximum atomic E-state index is 8.98. The summed E-state index contributed by atoms with van der Waals surface area (Å²) in [7, 11) is 1.64. The average Bonchev–Trinajstić information content (AvgIpc) is 2.58. The van der Waals surface area contributed by atoms with Crippen LogP contribution in [0.2, 0.25) is 0 Å². The van der Waals surface area contributed by atoms with E-state index in [0.717, 1.165) is 44.9 Å². The first-order valence-corrected chi connectivity index (χ1v) is 8.73. The zero-order chi connectivity index (χ0) is 17.0. The largest absolute Gasteiger partial charge is 0.394 e. The molecule has 0 heterocycles. The molecule has 0 aliphatic carbocycles. The summed E-state index contributed by atoms with van der Waals surface area (Å²) in [6.07, 6.45) is 28.9. The van der Waals surface area contributed by atoms with Crippen molar-refractivity contribution in [3.63, 3.8) is 0 Å². The highest BCUT2D eigenvalue weighted by atomic mass is 16.5. The highest BCUT2D eigenvalue weighted by molar-refractivity contribution is 5.00. The van der Waals surface area contributed by atoms with Crippen LogP contribution in [0.3, 0.4) is 0 Å². The van der Waals surface area contributed by atoms with Crippen molar-refractivity contribution in [1.29, 1.82) is 0 Å². The van der Waals surface area contributed by atoms with Crippen LogP contribution in [0.15, 0.2) is 60.8 Å². The van der Waals surface area contributed by atoms with Crippen LogP contribution in [0.4, 0.5) is 0 Å². The first-order chi connectivity index (χ1) is 11.3. The van der Waals surface area contributed by atoms with E-state index in [-0.39, 0.29) is 12.7 Å². The molecule has 0 bridgehead atoms. The van der Waals surface area contributed by atoms with Crippen molar-refractivity contribution in [2.75, 3.05) is 13.7 Å². The van der Waals surface area contributed by atoms with Crippen molar-refractivity contribution in [1.82, 2.24) is 0 Å². The first-order valence-electron chi connectivity index (χ1n) is 8.73. The average molecular weight is 319 g/mol. The van der Waals surface area contributed by atoms with Crippen LogP contribution in [0, 0.1) is 0 Å². The Morgan fingerprint density at radius 3 is 1.57 bits per heavy atom. The number of methoxy groups -OCH3 is 1. The lowest BCUT2D eigenvalue weighted by molar-refractivity contribution is 0.0440. The van der Waals surface area contributed by atoms with E-state index in [0.29, 0.717) is 0 Å². The smallest absolute Gasteiger partial charge is 0.0804 e. The minimum Gasteiger partial charge on any atom is -0.394 e. The maximum Gasteiger partial charge on any atom is 0.0804 e. The van der Waals surface area contributed by atoms with Gasteiger partial charge in [-0.2, -0.15) is 0 Å². The Morgan fingerprint density at radius 2 is 1.17 bits per heavy atom. The zero-order valence-corrected chi connectivity index (χ0v) is 14.9. The molecule has 1 N–H and O–H groups in total. The highest BCUT2D eigenvalue weighted by Gasteiger charge is 2.01. The van der Waals surface area contributed by atoms with Crippen LogP contribution in [-0.4, -0.2) is 24.9 Å². The Kier molecular flexibility index (Phi) is 17.5. The molecule has 0 spiro atoms. The Labute approximate surface area is 142 Å². The zero-order valence-electron chi connectivity index (χ0n) is 14.9. The normalized spacial score (nSPS) is 14.4. The number of aliphatic hydroxyl groups is 1. The molecule has 23 heavy (non-hydrogen) atoms. The van der Waals surface area contributed by atoms with Crippen molar-refractivity contribution < 1.29 is 9.84 Å². The van der Waals surface area contributed by atoms with Gasteiger partial charge in [0.05, 0.1) is 12.7 Å². The monoisotopic (exact) mass is 318 g/mol. The van der Waals surface area contributed by atoms with E-state index in [1.807, 2.05) is 0 Å². The summed E-state index contributed by atoms with van der Waals surface area (Å²) >= 11 is 0. The van der Waals surface area contributed by atoms with E-state index >= 15 is 0 Å². The Bertz CT molecular complexity index is 371. The van der Waals surface area contributed by atoms with Gasteiger partial charge in [-0.3, -0.25) is 0 Å². The third kappa shape index (κ3) is 16.8. The van der Waals surface area contributed by atoms with E-state index < -0.39 is 0 Å². The quantitative estimate of drug-likeness (QED) is 0.427. The predicted octanol–water partition coefficient (Wildman–Crippen LogP) is 5.53. The lowest BCUT2D eigenvalue weighted by Crippen LogP contribution is -2.14. The van der Waals surface area contributed by atoms with Crippen LogP contribution in [0.5, 0.6) is 0 Å². The van der Waals surface area contributed by atoms with Gasteiger partial charge in [0.1, 0.15) is 0 Å². The minimum atomic E-state index is -0.0305. The SMILES string of the molecule is CC/C=C\C/C=C\C/C=C\C/C=C\C/C=C/CCC(CO)OC. The van der Waals surface area contributed by atoms with Crippen LogP contribution in [-0.2, 0) is 4.74 Å². The number of rotatable bonds is 14. The summed E-state index contributed by atoms with van der Waals surface area (Å²) in [4.78, 5) is 0. The summed E-state index contributed by atoms with van der Waals surface area (Å²) in [6, 6.07) is 0. The number of aliphatic hydroxyl groups excluding tert-OH is 1. The van der Waals surface area contributed by atoms with Gasteiger partial charge in [0.15, 0.2) is 0 Å². The molecule has 1 unspecified atom stereocenters. The number of hydrogen-bond acceptors (Lipinski definition) is 2. The van der Waals surface area contributed by atoms with Crippen LogP contribution >= 0.6 is 0 Å². The topological polar surface area (TPSA) is 29.5 Å². The third-order valence-corrected chi connectivity index (χ3v) is 3.35. The van der Waals surface area contributed by atoms with Crippen LogP contribution < -0.4 is 0 Å². The van der Waals surface area contributed by atoms with Crippen LogP contribution in [0.25, 0.3) is 0 Å². The van der Waals surface area contributed by atoms with Gasteiger partial charge in [-0.05, 0) is 44.9 Å². The molecule has 0 aromatic carbocycles. The Hall–Kier alpha value is -1.38. The van der Waals surface area contributed by atoms with E-state index in [1.165, 1.54) is 0 Å². The standard InChI is InChI=1S/C21H34O2/c1-3-4-5-6-7-8-9-10-11-12-13-14-15-16-17-18-19-21(20-22)23-2/h4-5,7-8,10-11,13-14,16-17,21-22H,3,6,9,12,15,18-20H2,1-2H3/b5-4-,8-7-,11-10-,14-13-,17-16+. The summed E-state index contributed by atoms with van der Waals surface area (Å²) in [5, 5.41) is 8.98. The van der Waals surface area contributed by atoms with Gasteiger partial charge in [-0.1, -0.05) is 67.7 Å².